The first-order valence-corrected chi connectivity index (χ1v) is 20.6. The van der Waals surface area contributed by atoms with Crippen molar-refractivity contribution in [1.82, 2.24) is 9.97 Å². The molecule has 0 aliphatic heterocycles. The Kier molecular flexibility index (Phi) is 7.58. The SMILES string of the molecule is CC1(C)c2cc3ccccc3cc2-c2c(-c3ccccc3-c3cc(-c4ccc(-c5cccc6oc7ccc8ccccc8c7c56)cc4)nc(-c4ccccc4)n3)cccc21. The first kappa shape index (κ1) is 34.4. The molecule has 0 radical (unpaired) electrons. The van der Waals surface area contributed by atoms with Gasteiger partial charge in [0.1, 0.15) is 11.2 Å². The lowest BCUT2D eigenvalue weighted by Gasteiger charge is -2.22. The Morgan fingerprint density at radius 2 is 1.02 bits per heavy atom. The second-order valence-corrected chi connectivity index (χ2v) is 16.5. The number of hydrogen-bond donors (Lipinski definition) is 0. The van der Waals surface area contributed by atoms with Gasteiger partial charge in [0.25, 0.3) is 0 Å². The van der Waals surface area contributed by atoms with Crippen LogP contribution in [0.2, 0.25) is 0 Å². The zero-order chi connectivity index (χ0) is 40.0. The van der Waals surface area contributed by atoms with Crippen molar-refractivity contribution in [2.75, 3.05) is 0 Å². The number of benzene rings is 9. The Morgan fingerprint density at radius 1 is 0.383 bits per heavy atom. The first-order chi connectivity index (χ1) is 29.5. The second-order valence-electron chi connectivity index (χ2n) is 16.5. The molecule has 0 N–H and O–H groups in total. The number of furan rings is 1. The van der Waals surface area contributed by atoms with Crippen LogP contribution in [0, 0.1) is 0 Å². The van der Waals surface area contributed by atoms with Crippen molar-refractivity contribution in [1.29, 1.82) is 0 Å². The fourth-order valence-electron chi connectivity index (χ4n) is 9.74. The third-order valence-electron chi connectivity index (χ3n) is 12.7. The van der Waals surface area contributed by atoms with Gasteiger partial charge in [-0.3, -0.25) is 0 Å². The fraction of sp³-hybridized carbons (Fsp3) is 0.0526. The third kappa shape index (κ3) is 5.29. The summed E-state index contributed by atoms with van der Waals surface area (Å²) in [5.41, 5.74) is 16.4. The van der Waals surface area contributed by atoms with Crippen LogP contribution in [0.5, 0.6) is 0 Å². The largest absolute Gasteiger partial charge is 0.456 e. The Bertz CT molecular complexity index is 3500. The molecule has 0 fully saturated rings. The molecule has 11 aromatic rings. The highest BCUT2D eigenvalue weighted by atomic mass is 16.3. The van der Waals surface area contributed by atoms with Crippen LogP contribution in [-0.2, 0) is 5.41 Å². The summed E-state index contributed by atoms with van der Waals surface area (Å²) in [5, 5.41) is 7.21. The molecule has 0 bridgehead atoms. The van der Waals surface area contributed by atoms with Gasteiger partial charge < -0.3 is 4.42 Å². The number of fused-ring (bicyclic) bond motifs is 9. The minimum atomic E-state index is -0.140. The lowest BCUT2D eigenvalue weighted by molar-refractivity contribution is 0.661. The molecule has 0 unspecified atom stereocenters. The summed E-state index contributed by atoms with van der Waals surface area (Å²) in [5.74, 6) is 0.694. The molecule has 2 heterocycles. The Balaban J connectivity index is 1.01. The van der Waals surface area contributed by atoms with Crippen molar-refractivity contribution in [2.45, 2.75) is 19.3 Å². The van der Waals surface area contributed by atoms with Crippen LogP contribution in [0.3, 0.4) is 0 Å². The third-order valence-corrected chi connectivity index (χ3v) is 12.7. The van der Waals surface area contributed by atoms with Crippen molar-refractivity contribution in [3.8, 4) is 67.3 Å². The highest BCUT2D eigenvalue weighted by Crippen LogP contribution is 2.54. The normalized spacial score (nSPS) is 13.0. The van der Waals surface area contributed by atoms with Crippen LogP contribution in [-0.4, -0.2) is 9.97 Å². The summed E-state index contributed by atoms with van der Waals surface area (Å²) in [6, 6.07) is 69.4. The Hall–Kier alpha value is -7.62. The van der Waals surface area contributed by atoms with E-state index in [2.05, 4.69) is 190 Å². The Labute approximate surface area is 348 Å². The monoisotopic (exact) mass is 766 g/mol. The van der Waals surface area contributed by atoms with E-state index in [0.717, 1.165) is 66.7 Å². The van der Waals surface area contributed by atoms with Crippen molar-refractivity contribution in [3.63, 3.8) is 0 Å². The van der Waals surface area contributed by atoms with E-state index >= 15 is 0 Å². The molecule has 0 amide bonds. The zero-order valence-corrected chi connectivity index (χ0v) is 33.3. The summed E-state index contributed by atoms with van der Waals surface area (Å²) in [4.78, 5) is 10.5. The maximum absolute atomic E-state index is 6.42. The van der Waals surface area contributed by atoms with Crippen molar-refractivity contribution in [2.24, 2.45) is 0 Å². The van der Waals surface area contributed by atoms with Crippen LogP contribution in [0.1, 0.15) is 25.0 Å². The molecule has 1 aliphatic rings. The number of rotatable bonds is 5. The molecule has 1 aliphatic carbocycles. The smallest absolute Gasteiger partial charge is 0.160 e. The minimum absolute atomic E-state index is 0.140. The van der Waals surface area contributed by atoms with Gasteiger partial charge in [-0.2, -0.15) is 0 Å². The lowest BCUT2D eigenvalue weighted by Crippen LogP contribution is -2.14. The average Bonchev–Trinajstić information content (AvgIpc) is 3.80. The van der Waals surface area contributed by atoms with Crippen LogP contribution >= 0.6 is 0 Å². The van der Waals surface area contributed by atoms with Gasteiger partial charge in [0, 0.05) is 32.9 Å². The number of hydrogen-bond acceptors (Lipinski definition) is 3. The summed E-state index contributed by atoms with van der Waals surface area (Å²) in [6.45, 7) is 4.71. The van der Waals surface area contributed by atoms with Crippen LogP contribution in [0.15, 0.2) is 199 Å². The molecule has 60 heavy (non-hydrogen) atoms. The van der Waals surface area contributed by atoms with Crippen LogP contribution in [0.4, 0.5) is 0 Å². The zero-order valence-electron chi connectivity index (χ0n) is 33.3. The minimum Gasteiger partial charge on any atom is -0.456 e. The van der Waals surface area contributed by atoms with Crippen LogP contribution < -0.4 is 0 Å². The van der Waals surface area contributed by atoms with Gasteiger partial charge in [-0.05, 0) is 96.4 Å². The van der Waals surface area contributed by atoms with Crippen LogP contribution in [0.25, 0.3) is 111 Å². The average molecular weight is 767 g/mol. The van der Waals surface area contributed by atoms with Gasteiger partial charge in [0.2, 0.25) is 0 Å². The van der Waals surface area contributed by atoms with E-state index in [1.54, 1.807) is 0 Å². The highest BCUT2D eigenvalue weighted by Gasteiger charge is 2.37. The van der Waals surface area contributed by atoms with E-state index in [1.165, 1.54) is 49.4 Å². The summed E-state index contributed by atoms with van der Waals surface area (Å²) in [6.07, 6.45) is 0. The molecule has 282 valence electrons. The van der Waals surface area contributed by atoms with E-state index in [1.807, 2.05) is 18.2 Å². The number of aromatic nitrogens is 2. The van der Waals surface area contributed by atoms with Crippen molar-refractivity contribution < 1.29 is 4.42 Å². The predicted molar refractivity (Wildman–Crippen MR) is 249 cm³/mol. The molecule has 2 aromatic heterocycles. The summed E-state index contributed by atoms with van der Waals surface area (Å²) >= 11 is 0. The van der Waals surface area contributed by atoms with E-state index in [-0.39, 0.29) is 5.41 Å². The molecule has 12 rings (SSSR count). The topological polar surface area (TPSA) is 38.9 Å². The van der Waals surface area contributed by atoms with E-state index in [4.69, 9.17) is 14.4 Å². The molecule has 0 atom stereocenters. The van der Waals surface area contributed by atoms with Gasteiger partial charge in [-0.15, -0.1) is 0 Å². The van der Waals surface area contributed by atoms with Gasteiger partial charge in [-0.1, -0.05) is 178 Å². The quantitative estimate of drug-likeness (QED) is 0.175. The Morgan fingerprint density at radius 3 is 1.85 bits per heavy atom. The van der Waals surface area contributed by atoms with E-state index in [0.29, 0.717) is 5.82 Å². The fourth-order valence-corrected chi connectivity index (χ4v) is 9.74. The maximum Gasteiger partial charge on any atom is 0.160 e. The molecule has 9 aromatic carbocycles. The predicted octanol–water partition coefficient (Wildman–Crippen LogP) is 15.3. The molecular formula is C57H38N2O. The molecule has 0 saturated carbocycles. The van der Waals surface area contributed by atoms with E-state index in [9.17, 15) is 0 Å². The van der Waals surface area contributed by atoms with E-state index < -0.39 is 0 Å². The van der Waals surface area contributed by atoms with Crippen molar-refractivity contribution in [3.05, 3.63) is 205 Å². The molecule has 0 spiro atoms. The highest BCUT2D eigenvalue weighted by molar-refractivity contribution is 6.22. The van der Waals surface area contributed by atoms with Crippen molar-refractivity contribution >= 4 is 43.5 Å². The van der Waals surface area contributed by atoms with Gasteiger partial charge in [-0.25, -0.2) is 9.97 Å². The summed E-state index contributed by atoms with van der Waals surface area (Å²) < 4.78 is 6.42. The molecule has 0 saturated heterocycles. The summed E-state index contributed by atoms with van der Waals surface area (Å²) in [7, 11) is 0. The molecule has 3 heteroatoms. The molecule has 3 nitrogen and oxygen atoms in total. The number of nitrogens with zero attached hydrogens (tertiary/aromatic N) is 2. The lowest BCUT2D eigenvalue weighted by atomic mass is 9.81. The second kappa shape index (κ2) is 13.2. The maximum atomic E-state index is 6.42. The van der Waals surface area contributed by atoms with Gasteiger partial charge in [0.15, 0.2) is 5.82 Å². The van der Waals surface area contributed by atoms with Gasteiger partial charge >= 0.3 is 0 Å². The standard InChI is InChI=1S/C57H38N2O/c1-57(2)47-24-12-23-45(53(47)46-32-39-17-6-7-18-40(39)33-48(46)57)43-20-10-11-21-44(43)50-34-49(58-56(59-50)38-15-4-3-5-16-38)37-28-26-36(27-29-37)42-22-13-25-51-54(42)55-41-19-9-8-14-35(41)30-31-52(55)60-51/h3-34H,1-2H3. The molecular weight excluding hydrogens is 729 g/mol. The van der Waals surface area contributed by atoms with Gasteiger partial charge in [0.05, 0.1) is 11.4 Å². The first-order valence-electron chi connectivity index (χ1n) is 20.6.